The van der Waals surface area contributed by atoms with E-state index in [0.29, 0.717) is 12.1 Å². The Hall–Kier alpha value is -1.33. The van der Waals surface area contributed by atoms with Gasteiger partial charge >= 0.3 is 5.97 Å². The highest BCUT2D eigenvalue weighted by Gasteiger charge is 2.33. The zero-order valence-corrected chi connectivity index (χ0v) is 14.0. The molecule has 0 aromatic carbocycles. The Morgan fingerprint density at radius 1 is 1.27 bits per heavy atom. The molecule has 7 heteroatoms. The Morgan fingerprint density at radius 3 is 2.64 bits per heavy atom. The van der Waals surface area contributed by atoms with Gasteiger partial charge in [0.15, 0.2) is 0 Å². The van der Waals surface area contributed by atoms with Crippen LogP contribution >= 0.6 is 23.2 Å². The molecule has 1 heterocycles. The molecule has 0 saturated heterocycles. The summed E-state index contributed by atoms with van der Waals surface area (Å²) in [4.78, 5) is 28.3. The van der Waals surface area contributed by atoms with Gasteiger partial charge in [0.2, 0.25) is 0 Å². The lowest BCUT2D eigenvalue weighted by Gasteiger charge is -2.30. The minimum Gasteiger partial charge on any atom is -0.469 e. The van der Waals surface area contributed by atoms with Crippen LogP contribution in [0.3, 0.4) is 0 Å². The van der Waals surface area contributed by atoms with E-state index < -0.39 is 0 Å². The molecule has 1 aromatic heterocycles. The van der Waals surface area contributed by atoms with Crippen molar-refractivity contribution < 1.29 is 14.3 Å². The van der Waals surface area contributed by atoms with Crippen molar-refractivity contribution in [2.45, 2.75) is 38.6 Å². The zero-order valence-electron chi connectivity index (χ0n) is 12.5. The van der Waals surface area contributed by atoms with Crippen molar-refractivity contribution in [3.8, 4) is 0 Å². The van der Waals surface area contributed by atoms with Crippen molar-refractivity contribution in [3.63, 3.8) is 0 Å². The summed E-state index contributed by atoms with van der Waals surface area (Å²) in [6, 6.07) is -0.259. The van der Waals surface area contributed by atoms with Crippen LogP contribution in [0.15, 0.2) is 6.20 Å². The molecule has 1 aromatic rings. The molecule has 0 aliphatic heterocycles. The number of nitrogens with zero attached hydrogens (tertiary/aromatic N) is 1. The van der Waals surface area contributed by atoms with Gasteiger partial charge in [-0.05, 0) is 19.8 Å². The predicted molar refractivity (Wildman–Crippen MR) is 84.2 cm³/mol. The maximum atomic E-state index is 12.4. The number of methoxy groups -OCH3 is 1. The largest absolute Gasteiger partial charge is 0.469 e. The lowest BCUT2D eigenvalue weighted by atomic mass is 9.84. The molecule has 1 saturated carbocycles. The molecule has 1 aliphatic rings. The Balaban J connectivity index is 2.17. The fourth-order valence-electron chi connectivity index (χ4n) is 2.69. The molecule has 22 heavy (non-hydrogen) atoms. The molecule has 1 fully saturated rings. The third-order valence-corrected chi connectivity index (χ3v) is 4.92. The molecule has 0 bridgehead atoms. The Morgan fingerprint density at radius 2 is 1.95 bits per heavy atom. The van der Waals surface area contributed by atoms with E-state index in [1.165, 1.54) is 13.3 Å². The van der Waals surface area contributed by atoms with Crippen LogP contribution in [0.1, 0.15) is 41.7 Å². The van der Waals surface area contributed by atoms with Gasteiger partial charge in [-0.1, -0.05) is 36.0 Å². The Kier molecular flexibility index (Phi) is 5.64. The van der Waals surface area contributed by atoms with Crippen LogP contribution < -0.4 is 5.32 Å². The van der Waals surface area contributed by atoms with E-state index in [0.717, 1.165) is 19.3 Å². The number of aromatic nitrogens is 1. The van der Waals surface area contributed by atoms with E-state index >= 15 is 0 Å². The average molecular weight is 345 g/mol. The lowest BCUT2D eigenvalue weighted by Crippen LogP contribution is -2.45. The predicted octanol–water partition coefficient (Wildman–Crippen LogP) is 3.16. The van der Waals surface area contributed by atoms with Gasteiger partial charge in [-0.15, -0.1) is 0 Å². The van der Waals surface area contributed by atoms with E-state index in [2.05, 4.69) is 10.3 Å². The molecular formula is C15H18Cl2N2O3. The summed E-state index contributed by atoms with van der Waals surface area (Å²) in [5.41, 5.74) is 0.778. The van der Waals surface area contributed by atoms with Crippen molar-refractivity contribution in [2.75, 3.05) is 7.11 Å². The number of halogens is 2. The van der Waals surface area contributed by atoms with E-state index in [1.807, 2.05) is 0 Å². The summed E-state index contributed by atoms with van der Waals surface area (Å²) in [6.07, 6.45) is 4.74. The number of ether oxygens (including phenoxy) is 1. The molecule has 0 unspecified atom stereocenters. The molecular weight excluding hydrogens is 327 g/mol. The zero-order chi connectivity index (χ0) is 16.3. The van der Waals surface area contributed by atoms with E-state index in [9.17, 15) is 9.59 Å². The maximum absolute atomic E-state index is 12.4. The highest BCUT2D eigenvalue weighted by Crippen LogP contribution is 2.29. The van der Waals surface area contributed by atoms with Gasteiger partial charge in [-0.3, -0.25) is 14.6 Å². The highest BCUT2D eigenvalue weighted by molar-refractivity contribution is 6.44. The number of aryl methyl sites for hydroxylation is 1. The van der Waals surface area contributed by atoms with Crippen LogP contribution in [0.25, 0.3) is 0 Å². The Labute approximate surface area is 139 Å². The SMILES string of the molecule is COC(=O)[C@H]1CCCC[C@H]1NC(=O)c1cnc(C)c(Cl)c1Cl. The van der Waals surface area contributed by atoms with E-state index in [-0.39, 0.29) is 39.4 Å². The normalized spacial score (nSPS) is 21.3. The van der Waals surface area contributed by atoms with Crippen LogP contribution in [0.5, 0.6) is 0 Å². The molecule has 1 amide bonds. The number of carbonyl (C=O) groups is 2. The van der Waals surface area contributed by atoms with Gasteiger partial charge < -0.3 is 10.1 Å². The highest BCUT2D eigenvalue weighted by atomic mass is 35.5. The lowest BCUT2D eigenvalue weighted by molar-refractivity contribution is -0.147. The average Bonchev–Trinajstić information content (AvgIpc) is 2.52. The topological polar surface area (TPSA) is 68.3 Å². The van der Waals surface area contributed by atoms with Crippen LogP contribution in [0.4, 0.5) is 0 Å². The molecule has 0 radical (unpaired) electrons. The standard InChI is InChI=1S/C15H18Cl2N2O3/c1-8-12(16)13(17)10(7-18-8)14(20)19-11-6-4-3-5-9(11)15(21)22-2/h7,9,11H,3-6H2,1-2H3,(H,19,20)/t9-,11+/m0/s1. The molecule has 2 rings (SSSR count). The first-order valence-electron chi connectivity index (χ1n) is 7.15. The van der Waals surface area contributed by atoms with E-state index in [4.69, 9.17) is 27.9 Å². The smallest absolute Gasteiger partial charge is 0.310 e. The number of rotatable bonds is 3. The van der Waals surface area contributed by atoms with Gasteiger partial charge in [0.1, 0.15) is 0 Å². The summed E-state index contributed by atoms with van der Waals surface area (Å²) in [7, 11) is 1.36. The minimum absolute atomic E-state index is 0.178. The van der Waals surface area contributed by atoms with Crippen LogP contribution in [0.2, 0.25) is 10.0 Å². The van der Waals surface area contributed by atoms with E-state index in [1.54, 1.807) is 6.92 Å². The summed E-state index contributed by atoms with van der Waals surface area (Å²) in [5.74, 6) is -0.994. The van der Waals surface area contributed by atoms with Crippen molar-refractivity contribution in [1.82, 2.24) is 10.3 Å². The summed E-state index contributed by atoms with van der Waals surface area (Å²) in [6.45, 7) is 1.71. The number of hydrogen-bond acceptors (Lipinski definition) is 4. The van der Waals surface area contributed by atoms with Crippen molar-refractivity contribution in [2.24, 2.45) is 5.92 Å². The summed E-state index contributed by atoms with van der Waals surface area (Å²) >= 11 is 12.1. The van der Waals surface area contributed by atoms with Gasteiger partial charge in [0, 0.05) is 12.2 Å². The number of carbonyl (C=O) groups excluding carboxylic acids is 2. The number of hydrogen-bond donors (Lipinski definition) is 1. The molecule has 0 spiro atoms. The fraction of sp³-hybridized carbons (Fsp3) is 0.533. The van der Waals surface area contributed by atoms with Crippen LogP contribution in [0, 0.1) is 12.8 Å². The second-order valence-electron chi connectivity index (χ2n) is 5.38. The third kappa shape index (κ3) is 3.52. The van der Waals surface area contributed by atoms with Gasteiger partial charge in [-0.2, -0.15) is 0 Å². The summed E-state index contributed by atoms with van der Waals surface area (Å²) < 4.78 is 4.82. The van der Waals surface area contributed by atoms with Gasteiger partial charge in [-0.25, -0.2) is 0 Å². The first kappa shape index (κ1) is 17.0. The van der Waals surface area contributed by atoms with Crippen molar-refractivity contribution in [1.29, 1.82) is 0 Å². The number of pyridine rings is 1. The fourth-order valence-corrected chi connectivity index (χ4v) is 3.12. The first-order valence-corrected chi connectivity index (χ1v) is 7.90. The number of nitrogens with one attached hydrogen (secondary N) is 1. The van der Waals surface area contributed by atoms with Crippen molar-refractivity contribution >= 4 is 35.1 Å². The van der Waals surface area contributed by atoms with Gasteiger partial charge in [0.25, 0.3) is 5.91 Å². The Bertz CT molecular complexity index is 592. The van der Waals surface area contributed by atoms with Crippen LogP contribution in [-0.4, -0.2) is 30.0 Å². The number of esters is 1. The maximum Gasteiger partial charge on any atom is 0.310 e. The molecule has 5 nitrogen and oxygen atoms in total. The second-order valence-corrected chi connectivity index (χ2v) is 6.14. The third-order valence-electron chi connectivity index (χ3n) is 3.97. The second kappa shape index (κ2) is 7.29. The van der Waals surface area contributed by atoms with Crippen LogP contribution in [-0.2, 0) is 9.53 Å². The molecule has 2 atom stereocenters. The summed E-state index contributed by atoms with van der Waals surface area (Å²) in [5, 5.41) is 3.31. The first-order chi connectivity index (χ1) is 10.5. The minimum atomic E-state index is -0.375. The number of amides is 1. The molecule has 120 valence electrons. The van der Waals surface area contributed by atoms with Crippen molar-refractivity contribution in [3.05, 3.63) is 27.5 Å². The molecule has 1 N–H and O–H groups in total. The van der Waals surface area contributed by atoms with Gasteiger partial charge in [0.05, 0.1) is 34.3 Å². The quantitative estimate of drug-likeness (QED) is 0.855. The monoisotopic (exact) mass is 344 g/mol. The molecule has 1 aliphatic carbocycles.